The number of aromatic nitrogens is 1. The van der Waals surface area contributed by atoms with Gasteiger partial charge < -0.3 is 5.11 Å². The predicted octanol–water partition coefficient (Wildman–Crippen LogP) is 3.39. The van der Waals surface area contributed by atoms with Crippen LogP contribution in [0.5, 0.6) is 5.75 Å². The number of rotatable bonds is 1. The summed E-state index contributed by atoms with van der Waals surface area (Å²) in [4.78, 5) is 3.62. The van der Waals surface area contributed by atoms with Crippen molar-refractivity contribution < 1.29 is 13.9 Å². The highest BCUT2D eigenvalue weighted by atomic mass is 35.5. The van der Waals surface area contributed by atoms with Gasteiger partial charge in [0, 0.05) is 11.1 Å². The number of pyridine rings is 1. The molecule has 1 aromatic carbocycles. The van der Waals surface area contributed by atoms with Crippen LogP contribution in [0.25, 0.3) is 11.1 Å². The molecule has 0 bridgehead atoms. The van der Waals surface area contributed by atoms with Crippen LogP contribution in [0.2, 0.25) is 5.15 Å². The van der Waals surface area contributed by atoms with Gasteiger partial charge in [-0.25, -0.2) is 13.8 Å². The van der Waals surface area contributed by atoms with Gasteiger partial charge in [0.15, 0.2) is 11.6 Å². The molecule has 2 nitrogen and oxygen atoms in total. The number of aromatic hydroxyl groups is 1. The third kappa shape index (κ3) is 1.84. The minimum Gasteiger partial charge on any atom is -0.506 e. The maximum Gasteiger partial charge on any atom is 0.166 e. The predicted molar refractivity (Wildman–Crippen MR) is 56.3 cm³/mol. The fourth-order valence-electron chi connectivity index (χ4n) is 1.35. The summed E-state index contributed by atoms with van der Waals surface area (Å²) in [5, 5.41) is 9.59. The lowest BCUT2D eigenvalue weighted by molar-refractivity contribution is 0.473. The van der Waals surface area contributed by atoms with Crippen molar-refractivity contribution in [1.82, 2.24) is 4.98 Å². The van der Waals surface area contributed by atoms with Crippen molar-refractivity contribution in [3.63, 3.8) is 0 Å². The van der Waals surface area contributed by atoms with Gasteiger partial charge in [-0.3, -0.25) is 0 Å². The molecule has 0 unspecified atom stereocenters. The minimum absolute atomic E-state index is 0.0539. The van der Waals surface area contributed by atoms with E-state index in [1.165, 1.54) is 18.2 Å². The van der Waals surface area contributed by atoms with E-state index in [-0.39, 0.29) is 22.0 Å². The molecular formula is C11H6ClF2NO. The highest BCUT2D eigenvalue weighted by Crippen LogP contribution is 2.32. The zero-order chi connectivity index (χ0) is 11.7. The zero-order valence-corrected chi connectivity index (χ0v) is 8.67. The Hall–Kier alpha value is -1.68. The smallest absolute Gasteiger partial charge is 0.166 e. The number of hydrogen-bond donors (Lipinski definition) is 1. The Morgan fingerprint density at radius 3 is 2.69 bits per heavy atom. The van der Waals surface area contributed by atoms with E-state index in [2.05, 4.69) is 4.98 Å². The largest absolute Gasteiger partial charge is 0.506 e. The lowest BCUT2D eigenvalue weighted by Crippen LogP contribution is -1.90. The topological polar surface area (TPSA) is 33.1 Å². The maximum atomic E-state index is 13.4. The van der Waals surface area contributed by atoms with Crippen LogP contribution in [0.15, 0.2) is 30.5 Å². The van der Waals surface area contributed by atoms with Crippen molar-refractivity contribution in [3.05, 3.63) is 47.2 Å². The van der Waals surface area contributed by atoms with E-state index in [4.69, 9.17) is 11.6 Å². The van der Waals surface area contributed by atoms with E-state index in [0.717, 1.165) is 12.3 Å². The van der Waals surface area contributed by atoms with Crippen molar-refractivity contribution in [3.8, 4) is 16.9 Å². The molecule has 0 radical (unpaired) electrons. The van der Waals surface area contributed by atoms with E-state index < -0.39 is 11.6 Å². The highest BCUT2D eigenvalue weighted by molar-refractivity contribution is 6.29. The molecule has 0 aliphatic heterocycles. The van der Waals surface area contributed by atoms with Gasteiger partial charge in [0.2, 0.25) is 0 Å². The molecule has 1 N–H and O–H groups in total. The Balaban J connectivity index is 2.67. The van der Waals surface area contributed by atoms with Crippen LogP contribution in [0.1, 0.15) is 0 Å². The fraction of sp³-hybridized carbons (Fsp3) is 0. The Kier molecular flexibility index (Phi) is 2.75. The molecule has 0 aliphatic rings. The van der Waals surface area contributed by atoms with Gasteiger partial charge >= 0.3 is 0 Å². The van der Waals surface area contributed by atoms with Crippen LogP contribution in [0.4, 0.5) is 8.78 Å². The molecule has 1 aromatic heterocycles. The molecule has 5 heteroatoms. The third-order valence-corrected chi connectivity index (χ3v) is 2.30. The van der Waals surface area contributed by atoms with Crippen molar-refractivity contribution in [2.75, 3.05) is 0 Å². The number of nitrogens with zero attached hydrogens (tertiary/aromatic N) is 1. The second kappa shape index (κ2) is 4.06. The second-order valence-corrected chi connectivity index (χ2v) is 3.51. The first-order valence-corrected chi connectivity index (χ1v) is 4.76. The Bertz CT molecular complexity index is 546. The summed E-state index contributed by atoms with van der Waals surface area (Å²) in [7, 11) is 0. The van der Waals surface area contributed by atoms with Gasteiger partial charge in [-0.2, -0.15) is 0 Å². The van der Waals surface area contributed by atoms with E-state index in [1.807, 2.05) is 0 Å². The Morgan fingerprint density at radius 2 is 1.94 bits per heavy atom. The lowest BCUT2D eigenvalue weighted by Gasteiger charge is -2.06. The van der Waals surface area contributed by atoms with Gasteiger partial charge in [-0.05, 0) is 12.1 Å². The molecule has 0 fully saturated rings. The molecule has 2 rings (SSSR count). The second-order valence-electron chi connectivity index (χ2n) is 3.13. The third-order valence-electron chi connectivity index (χ3n) is 2.09. The van der Waals surface area contributed by atoms with Gasteiger partial charge in [0.05, 0.1) is 6.20 Å². The molecule has 2 aromatic rings. The van der Waals surface area contributed by atoms with Crippen LogP contribution in [0, 0.1) is 11.6 Å². The molecule has 1 heterocycles. The molecule has 82 valence electrons. The average Bonchev–Trinajstić information content (AvgIpc) is 2.26. The number of hydrogen-bond acceptors (Lipinski definition) is 2. The molecule has 0 aliphatic carbocycles. The summed E-state index contributed by atoms with van der Waals surface area (Å²) in [6, 6.07) is 4.97. The fourth-order valence-corrected chi connectivity index (χ4v) is 1.51. The monoisotopic (exact) mass is 241 g/mol. The van der Waals surface area contributed by atoms with Gasteiger partial charge in [-0.1, -0.05) is 23.7 Å². The molecule has 0 amide bonds. The Labute approximate surface area is 95.1 Å². The van der Waals surface area contributed by atoms with Crippen molar-refractivity contribution in [2.24, 2.45) is 0 Å². The van der Waals surface area contributed by atoms with Crippen LogP contribution in [-0.4, -0.2) is 10.1 Å². The standard InChI is InChI=1S/C11H6ClF2NO/c12-10-4-7(9(16)5-15-10)6-2-1-3-8(13)11(6)14/h1-5,16H. The summed E-state index contributed by atoms with van der Waals surface area (Å²) in [5.41, 5.74) is 0.0544. The van der Waals surface area contributed by atoms with E-state index in [0.29, 0.717) is 0 Å². The average molecular weight is 242 g/mol. The molecule has 0 atom stereocenters. The molecule has 0 spiro atoms. The quantitative estimate of drug-likeness (QED) is 0.777. The molecule has 16 heavy (non-hydrogen) atoms. The summed E-state index contributed by atoms with van der Waals surface area (Å²) in [5.74, 6) is -2.26. The summed E-state index contributed by atoms with van der Waals surface area (Å²) >= 11 is 5.62. The summed E-state index contributed by atoms with van der Waals surface area (Å²) in [6.45, 7) is 0. The first kappa shape index (κ1) is 10.8. The van der Waals surface area contributed by atoms with E-state index in [9.17, 15) is 13.9 Å². The molecule has 0 saturated carbocycles. The van der Waals surface area contributed by atoms with E-state index in [1.54, 1.807) is 0 Å². The van der Waals surface area contributed by atoms with Crippen LogP contribution < -0.4 is 0 Å². The van der Waals surface area contributed by atoms with Crippen molar-refractivity contribution in [1.29, 1.82) is 0 Å². The van der Waals surface area contributed by atoms with Crippen LogP contribution in [0.3, 0.4) is 0 Å². The number of benzene rings is 1. The van der Waals surface area contributed by atoms with Gasteiger partial charge in [-0.15, -0.1) is 0 Å². The minimum atomic E-state index is -1.03. The SMILES string of the molecule is Oc1cnc(Cl)cc1-c1cccc(F)c1F. The number of halogens is 3. The first-order chi connectivity index (χ1) is 7.59. The summed E-state index contributed by atoms with van der Waals surface area (Å²) < 4.78 is 26.4. The molecule has 0 saturated heterocycles. The lowest BCUT2D eigenvalue weighted by atomic mass is 10.1. The van der Waals surface area contributed by atoms with Gasteiger partial charge in [0.25, 0.3) is 0 Å². The first-order valence-electron chi connectivity index (χ1n) is 4.38. The maximum absolute atomic E-state index is 13.4. The zero-order valence-electron chi connectivity index (χ0n) is 7.92. The normalized spacial score (nSPS) is 10.4. The highest BCUT2D eigenvalue weighted by Gasteiger charge is 2.13. The van der Waals surface area contributed by atoms with Crippen LogP contribution >= 0.6 is 11.6 Å². The summed E-state index contributed by atoms with van der Waals surface area (Å²) in [6.07, 6.45) is 1.09. The van der Waals surface area contributed by atoms with Gasteiger partial charge in [0.1, 0.15) is 10.9 Å². The van der Waals surface area contributed by atoms with Crippen molar-refractivity contribution >= 4 is 11.6 Å². The van der Waals surface area contributed by atoms with Crippen LogP contribution in [-0.2, 0) is 0 Å². The van der Waals surface area contributed by atoms with Crippen molar-refractivity contribution in [2.45, 2.75) is 0 Å². The van der Waals surface area contributed by atoms with E-state index >= 15 is 0 Å². The Morgan fingerprint density at radius 1 is 1.19 bits per heavy atom. The molecular weight excluding hydrogens is 236 g/mol.